The molecule has 0 amide bonds. The molecule has 0 radical (unpaired) electrons. The van der Waals surface area contributed by atoms with Crippen molar-refractivity contribution in [3.63, 3.8) is 0 Å². The lowest BCUT2D eigenvalue weighted by atomic mass is 9.91. The summed E-state index contributed by atoms with van der Waals surface area (Å²) in [6, 6.07) is 7.43. The fourth-order valence-electron chi connectivity index (χ4n) is 4.17. The fourth-order valence-corrected chi connectivity index (χ4v) is 4.17. The third kappa shape index (κ3) is 1.90. The number of carboxylic acid groups (broad SMARTS) is 2. The first kappa shape index (κ1) is 13.3. The zero-order valence-electron chi connectivity index (χ0n) is 11.7. The van der Waals surface area contributed by atoms with Crippen molar-refractivity contribution >= 4 is 23.0 Å². The van der Waals surface area contributed by atoms with E-state index in [0.717, 1.165) is 5.52 Å². The number of nitrogens with zero attached hydrogens (tertiary/aromatic N) is 1. The Bertz CT molecular complexity index is 734. The monoisotopic (exact) mass is 301 g/mol. The van der Waals surface area contributed by atoms with Gasteiger partial charge >= 0.3 is 11.9 Å². The third-order valence-electron chi connectivity index (χ3n) is 5.08. The molecule has 1 aromatic heterocycles. The van der Waals surface area contributed by atoms with Crippen molar-refractivity contribution in [2.45, 2.75) is 12.8 Å². The van der Waals surface area contributed by atoms with E-state index in [1.807, 2.05) is 24.3 Å². The van der Waals surface area contributed by atoms with Gasteiger partial charge in [0.1, 0.15) is 5.52 Å². The molecule has 0 aliphatic heterocycles. The number of benzene rings is 1. The summed E-state index contributed by atoms with van der Waals surface area (Å²) in [5.74, 6) is -2.57. The zero-order chi connectivity index (χ0) is 15.4. The summed E-state index contributed by atoms with van der Waals surface area (Å²) in [6.45, 7) is 0. The maximum Gasteiger partial charge on any atom is 0.307 e. The predicted molar refractivity (Wildman–Crippen MR) is 75.1 cm³/mol. The molecule has 2 saturated carbocycles. The Kier molecular flexibility index (Phi) is 2.76. The van der Waals surface area contributed by atoms with E-state index < -0.39 is 23.8 Å². The van der Waals surface area contributed by atoms with Crippen LogP contribution in [0, 0.1) is 29.6 Å². The smallest absolute Gasteiger partial charge is 0.307 e. The molecule has 1 heterocycles. The van der Waals surface area contributed by atoms with Crippen LogP contribution >= 0.6 is 0 Å². The number of rotatable bonds is 4. The van der Waals surface area contributed by atoms with Gasteiger partial charge in [-0.05, 0) is 36.3 Å². The lowest BCUT2D eigenvalue weighted by molar-refractivity contribution is -0.144. The van der Waals surface area contributed by atoms with Gasteiger partial charge in [0, 0.05) is 6.42 Å². The lowest BCUT2D eigenvalue weighted by Gasteiger charge is -2.14. The van der Waals surface area contributed by atoms with Crippen molar-refractivity contribution < 1.29 is 24.2 Å². The molecule has 5 unspecified atom stereocenters. The second-order valence-corrected chi connectivity index (χ2v) is 6.24. The summed E-state index contributed by atoms with van der Waals surface area (Å²) < 4.78 is 5.68. The molecule has 2 N–H and O–H groups in total. The molecule has 0 spiro atoms. The molecule has 2 aromatic rings. The molecular weight excluding hydrogens is 286 g/mol. The summed E-state index contributed by atoms with van der Waals surface area (Å²) in [4.78, 5) is 27.0. The van der Waals surface area contributed by atoms with Gasteiger partial charge in [-0.15, -0.1) is 0 Å². The highest BCUT2D eigenvalue weighted by Gasteiger charge is 2.67. The Balaban J connectivity index is 1.57. The number of hydrogen-bond acceptors (Lipinski definition) is 4. The van der Waals surface area contributed by atoms with Crippen LogP contribution in [0.4, 0.5) is 0 Å². The minimum absolute atomic E-state index is 0.0141. The van der Waals surface area contributed by atoms with E-state index >= 15 is 0 Å². The van der Waals surface area contributed by atoms with Crippen LogP contribution in [0.15, 0.2) is 28.7 Å². The fraction of sp³-hybridized carbons (Fsp3) is 0.438. The third-order valence-corrected chi connectivity index (χ3v) is 5.08. The molecule has 22 heavy (non-hydrogen) atoms. The summed E-state index contributed by atoms with van der Waals surface area (Å²) in [5.41, 5.74) is 1.47. The van der Waals surface area contributed by atoms with E-state index in [-0.39, 0.29) is 17.8 Å². The average molecular weight is 301 g/mol. The maximum absolute atomic E-state index is 11.3. The molecule has 6 nitrogen and oxygen atoms in total. The molecule has 1 aromatic carbocycles. The van der Waals surface area contributed by atoms with Crippen molar-refractivity contribution in [3.05, 3.63) is 30.2 Å². The van der Waals surface area contributed by atoms with E-state index in [1.54, 1.807) is 0 Å². The first-order chi connectivity index (χ1) is 10.6. The van der Waals surface area contributed by atoms with E-state index in [1.165, 1.54) is 0 Å². The molecular formula is C16H15NO5. The normalized spacial score (nSPS) is 32.8. The number of carbonyl (C=O) groups is 2. The maximum atomic E-state index is 11.3. The van der Waals surface area contributed by atoms with Gasteiger partial charge in [0.25, 0.3) is 0 Å². The summed E-state index contributed by atoms with van der Waals surface area (Å²) in [7, 11) is 0. The Hall–Kier alpha value is -2.37. The summed E-state index contributed by atoms with van der Waals surface area (Å²) in [6.07, 6.45) is 1.01. The number of oxazole rings is 1. The molecule has 4 rings (SSSR count). The SMILES string of the molecule is O=C(O)C1CC(Cc2nc3ccccc3o2)C2C(C(=O)O)C12. The molecule has 114 valence electrons. The van der Waals surface area contributed by atoms with Gasteiger partial charge in [-0.3, -0.25) is 9.59 Å². The first-order valence-corrected chi connectivity index (χ1v) is 7.36. The second kappa shape index (κ2) is 4.56. The summed E-state index contributed by atoms with van der Waals surface area (Å²) >= 11 is 0. The van der Waals surface area contributed by atoms with Crippen LogP contribution in [0.5, 0.6) is 0 Å². The Labute approximate surface area is 125 Å². The van der Waals surface area contributed by atoms with Gasteiger partial charge in [-0.25, -0.2) is 4.98 Å². The zero-order valence-corrected chi connectivity index (χ0v) is 11.7. The Morgan fingerprint density at radius 3 is 2.64 bits per heavy atom. The number of para-hydroxylation sites is 2. The quantitative estimate of drug-likeness (QED) is 0.896. The number of carboxylic acids is 2. The van der Waals surface area contributed by atoms with Crippen LogP contribution in [-0.4, -0.2) is 27.1 Å². The van der Waals surface area contributed by atoms with Crippen LogP contribution in [0.3, 0.4) is 0 Å². The van der Waals surface area contributed by atoms with Gasteiger partial charge < -0.3 is 14.6 Å². The van der Waals surface area contributed by atoms with Crippen LogP contribution in [-0.2, 0) is 16.0 Å². The predicted octanol–water partition coefficient (Wildman–Crippen LogP) is 2.04. The van der Waals surface area contributed by atoms with Crippen molar-refractivity contribution in [2.75, 3.05) is 0 Å². The molecule has 0 bridgehead atoms. The summed E-state index contributed by atoms with van der Waals surface area (Å²) in [5, 5.41) is 18.5. The van der Waals surface area contributed by atoms with E-state index in [9.17, 15) is 19.8 Å². The van der Waals surface area contributed by atoms with Gasteiger partial charge in [0.05, 0.1) is 11.8 Å². The standard InChI is InChI=1S/C16H15NO5/c18-15(19)8-5-7(12-13(8)14(12)16(20)21)6-11-17-9-3-1-2-4-10(9)22-11/h1-4,7-8,12-14H,5-6H2,(H,18,19)(H,20,21). The molecule has 2 aliphatic rings. The lowest BCUT2D eigenvalue weighted by Crippen LogP contribution is -2.20. The van der Waals surface area contributed by atoms with E-state index in [2.05, 4.69) is 4.98 Å². The largest absolute Gasteiger partial charge is 0.481 e. The molecule has 2 aliphatic carbocycles. The van der Waals surface area contributed by atoms with Gasteiger partial charge in [-0.1, -0.05) is 12.1 Å². The molecule has 2 fully saturated rings. The van der Waals surface area contributed by atoms with Gasteiger partial charge in [-0.2, -0.15) is 0 Å². The van der Waals surface area contributed by atoms with E-state index in [4.69, 9.17) is 4.42 Å². The number of hydrogen-bond donors (Lipinski definition) is 2. The Morgan fingerprint density at radius 2 is 1.95 bits per heavy atom. The van der Waals surface area contributed by atoms with E-state index in [0.29, 0.717) is 24.3 Å². The highest BCUT2D eigenvalue weighted by Crippen LogP contribution is 2.64. The van der Waals surface area contributed by atoms with Crippen molar-refractivity contribution in [1.29, 1.82) is 0 Å². The Morgan fingerprint density at radius 1 is 1.18 bits per heavy atom. The second-order valence-electron chi connectivity index (χ2n) is 6.24. The molecule has 5 atom stereocenters. The van der Waals surface area contributed by atoms with Crippen molar-refractivity contribution in [1.82, 2.24) is 4.98 Å². The van der Waals surface area contributed by atoms with Crippen molar-refractivity contribution in [3.8, 4) is 0 Å². The van der Waals surface area contributed by atoms with Crippen molar-refractivity contribution in [2.24, 2.45) is 29.6 Å². The highest BCUT2D eigenvalue weighted by molar-refractivity contribution is 5.79. The van der Waals surface area contributed by atoms with Gasteiger partial charge in [0.2, 0.25) is 0 Å². The minimum atomic E-state index is -0.890. The van der Waals surface area contributed by atoms with Crippen LogP contribution in [0.1, 0.15) is 12.3 Å². The average Bonchev–Trinajstić information content (AvgIpc) is 2.90. The van der Waals surface area contributed by atoms with Crippen LogP contribution < -0.4 is 0 Å². The first-order valence-electron chi connectivity index (χ1n) is 7.36. The van der Waals surface area contributed by atoms with Crippen LogP contribution in [0.25, 0.3) is 11.1 Å². The minimum Gasteiger partial charge on any atom is -0.481 e. The van der Waals surface area contributed by atoms with Gasteiger partial charge in [0.15, 0.2) is 11.5 Å². The number of aliphatic carboxylic acids is 2. The van der Waals surface area contributed by atoms with Crippen LogP contribution in [0.2, 0.25) is 0 Å². The molecule has 0 saturated heterocycles. The number of aromatic nitrogens is 1. The molecule has 6 heteroatoms. The number of fused-ring (bicyclic) bond motifs is 2. The topological polar surface area (TPSA) is 101 Å². The highest BCUT2D eigenvalue weighted by atomic mass is 16.4.